The van der Waals surface area contributed by atoms with E-state index in [1.807, 2.05) is 6.92 Å². The van der Waals surface area contributed by atoms with Crippen LogP contribution in [0.1, 0.15) is 44.6 Å². The summed E-state index contributed by atoms with van der Waals surface area (Å²) in [7, 11) is 0. The first-order valence-electron chi connectivity index (χ1n) is 7.11. The number of nitrogens with zero attached hydrogens (tertiary/aromatic N) is 3. The second-order valence-electron chi connectivity index (χ2n) is 5.81. The number of rotatable bonds is 7. The molecule has 0 spiro atoms. The zero-order chi connectivity index (χ0) is 15.5. The van der Waals surface area contributed by atoms with Gasteiger partial charge in [-0.05, 0) is 39.0 Å². The summed E-state index contributed by atoms with van der Waals surface area (Å²) in [6.45, 7) is 2.31. The summed E-state index contributed by atoms with van der Waals surface area (Å²) in [5.74, 6) is 0. The van der Waals surface area contributed by atoms with Gasteiger partial charge >= 0.3 is 6.18 Å². The molecular weight excluding hydrogens is 281 g/mol. The van der Waals surface area contributed by atoms with E-state index in [2.05, 4.69) is 16.5 Å². The highest BCUT2D eigenvalue weighted by molar-refractivity contribution is 5.08. The second-order valence-corrected chi connectivity index (χ2v) is 5.81. The quantitative estimate of drug-likeness (QED) is 0.787. The van der Waals surface area contributed by atoms with Gasteiger partial charge < -0.3 is 0 Å². The Balaban J connectivity index is 1.74. The maximum atomic E-state index is 12.4. The molecule has 0 aromatic carbocycles. The van der Waals surface area contributed by atoms with Crippen molar-refractivity contribution in [2.75, 3.05) is 0 Å². The third-order valence-corrected chi connectivity index (χ3v) is 3.62. The first-order valence-corrected chi connectivity index (χ1v) is 7.11. The minimum atomic E-state index is -4.34. The zero-order valence-corrected chi connectivity index (χ0v) is 12.0. The van der Waals surface area contributed by atoms with Crippen LogP contribution in [-0.2, 0) is 12.7 Å². The molecule has 0 aliphatic heterocycles. The van der Waals surface area contributed by atoms with E-state index in [9.17, 15) is 18.4 Å². The highest BCUT2D eigenvalue weighted by atomic mass is 19.4. The zero-order valence-electron chi connectivity index (χ0n) is 12.0. The molecule has 21 heavy (non-hydrogen) atoms. The van der Waals surface area contributed by atoms with Crippen molar-refractivity contribution in [3.8, 4) is 6.07 Å². The van der Waals surface area contributed by atoms with Crippen molar-refractivity contribution in [2.45, 2.75) is 63.3 Å². The van der Waals surface area contributed by atoms with Crippen LogP contribution < -0.4 is 5.32 Å². The number of aryl methyl sites for hydroxylation is 1. The summed E-state index contributed by atoms with van der Waals surface area (Å²) in [6.07, 6.45) is 1.91. The number of hydrogen-bond acceptors (Lipinski definition) is 3. The molecule has 0 bridgehead atoms. The summed E-state index contributed by atoms with van der Waals surface area (Å²) >= 11 is 0. The van der Waals surface area contributed by atoms with Crippen LogP contribution in [-0.4, -0.2) is 21.4 Å². The van der Waals surface area contributed by atoms with Gasteiger partial charge in [-0.15, -0.1) is 0 Å². The van der Waals surface area contributed by atoms with E-state index in [-0.39, 0.29) is 0 Å². The molecule has 1 fully saturated rings. The van der Waals surface area contributed by atoms with Gasteiger partial charge in [0.05, 0.1) is 17.8 Å². The number of aromatic nitrogens is 2. The number of nitriles is 1. The SMILES string of the molecule is CC(C#N)(CCCCn1cc(C(F)(F)F)cn1)NC1CC1. The lowest BCUT2D eigenvalue weighted by atomic mass is 9.96. The molecule has 116 valence electrons. The summed E-state index contributed by atoms with van der Waals surface area (Å²) in [5, 5.41) is 16.2. The highest BCUT2D eigenvalue weighted by Crippen LogP contribution is 2.28. The third-order valence-electron chi connectivity index (χ3n) is 3.62. The van der Waals surface area contributed by atoms with E-state index >= 15 is 0 Å². The van der Waals surface area contributed by atoms with Crippen LogP contribution in [0.15, 0.2) is 12.4 Å². The predicted molar refractivity (Wildman–Crippen MR) is 71.3 cm³/mol. The van der Waals surface area contributed by atoms with Crippen LogP contribution >= 0.6 is 0 Å². The molecule has 4 nitrogen and oxygen atoms in total. The molecule has 1 aromatic rings. The Labute approximate surface area is 121 Å². The van der Waals surface area contributed by atoms with Crippen molar-refractivity contribution in [1.29, 1.82) is 5.26 Å². The van der Waals surface area contributed by atoms with Gasteiger partial charge in [-0.1, -0.05) is 0 Å². The Morgan fingerprint density at radius 2 is 2.14 bits per heavy atom. The Hall–Kier alpha value is -1.55. The number of alkyl halides is 3. The molecular formula is C14H19F3N4. The summed E-state index contributed by atoms with van der Waals surface area (Å²) in [6, 6.07) is 2.74. The molecule has 1 unspecified atom stereocenters. The lowest BCUT2D eigenvalue weighted by molar-refractivity contribution is -0.137. The van der Waals surface area contributed by atoms with E-state index < -0.39 is 17.3 Å². The molecule has 0 radical (unpaired) electrons. The fourth-order valence-electron chi connectivity index (χ4n) is 2.22. The molecule has 1 aromatic heterocycles. The largest absolute Gasteiger partial charge is 0.419 e. The molecule has 1 atom stereocenters. The molecule has 1 N–H and O–H groups in total. The molecule has 2 rings (SSSR count). The van der Waals surface area contributed by atoms with Crippen molar-refractivity contribution in [1.82, 2.24) is 15.1 Å². The maximum absolute atomic E-state index is 12.4. The standard InChI is InChI=1S/C14H19F3N4/c1-13(10-18,20-12-4-5-12)6-2-3-7-21-9-11(8-19-21)14(15,16)17/h8-9,12,20H,2-7H2,1H3. The molecule has 7 heteroatoms. The van der Waals surface area contributed by atoms with Crippen LogP contribution in [0, 0.1) is 11.3 Å². The van der Waals surface area contributed by atoms with Crippen LogP contribution in [0.3, 0.4) is 0 Å². The Morgan fingerprint density at radius 1 is 1.43 bits per heavy atom. The van der Waals surface area contributed by atoms with Gasteiger partial charge in [-0.3, -0.25) is 10.00 Å². The maximum Gasteiger partial charge on any atom is 0.419 e. The van der Waals surface area contributed by atoms with E-state index in [1.54, 1.807) is 0 Å². The van der Waals surface area contributed by atoms with Gasteiger partial charge in [-0.2, -0.15) is 23.5 Å². The Kier molecular flexibility index (Phi) is 4.57. The first kappa shape index (κ1) is 15.8. The van der Waals surface area contributed by atoms with Crippen LogP contribution in [0.5, 0.6) is 0 Å². The summed E-state index contributed by atoms with van der Waals surface area (Å²) in [4.78, 5) is 0. The van der Waals surface area contributed by atoms with Gasteiger partial charge in [0.2, 0.25) is 0 Å². The van der Waals surface area contributed by atoms with E-state index in [0.29, 0.717) is 25.4 Å². The molecule has 1 saturated carbocycles. The van der Waals surface area contributed by atoms with Gasteiger partial charge in [0.1, 0.15) is 5.54 Å². The fourth-order valence-corrected chi connectivity index (χ4v) is 2.22. The molecule has 0 saturated heterocycles. The summed E-state index contributed by atoms with van der Waals surface area (Å²) < 4.78 is 38.6. The topological polar surface area (TPSA) is 53.6 Å². The lowest BCUT2D eigenvalue weighted by Crippen LogP contribution is -2.42. The van der Waals surface area contributed by atoms with Crippen molar-refractivity contribution in [3.63, 3.8) is 0 Å². The molecule has 1 aliphatic carbocycles. The van der Waals surface area contributed by atoms with Crippen molar-refractivity contribution < 1.29 is 13.2 Å². The van der Waals surface area contributed by atoms with Gasteiger partial charge in [-0.25, -0.2) is 0 Å². The first-order chi connectivity index (χ1) is 9.82. The van der Waals surface area contributed by atoms with Gasteiger partial charge in [0, 0.05) is 18.8 Å². The third kappa shape index (κ3) is 4.74. The highest BCUT2D eigenvalue weighted by Gasteiger charge is 2.33. The smallest absolute Gasteiger partial charge is 0.297 e. The minimum Gasteiger partial charge on any atom is -0.297 e. The Morgan fingerprint density at radius 3 is 2.67 bits per heavy atom. The predicted octanol–water partition coefficient (Wildman–Crippen LogP) is 3.11. The molecule has 0 amide bonds. The van der Waals surface area contributed by atoms with Crippen molar-refractivity contribution in [2.24, 2.45) is 0 Å². The number of unbranched alkanes of at least 4 members (excludes halogenated alkanes) is 1. The number of halogens is 3. The number of hydrogen-bond donors (Lipinski definition) is 1. The van der Waals surface area contributed by atoms with E-state index in [4.69, 9.17) is 0 Å². The second kappa shape index (κ2) is 6.06. The Bertz CT molecular complexity index is 513. The average Bonchev–Trinajstić information content (AvgIpc) is 3.07. The van der Waals surface area contributed by atoms with Crippen molar-refractivity contribution >= 4 is 0 Å². The number of nitrogens with one attached hydrogen (secondary N) is 1. The fraction of sp³-hybridized carbons (Fsp3) is 0.714. The lowest BCUT2D eigenvalue weighted by Gasteiger charge is -2.23. The average molecular weight is 300 g/mol. The summed E-state index contributed by atoms with van der Waals surface area (Å²) in [5.41, 5.74) is -1.26. The van der Waals surface area contributed by atoms with Crippen LogP contribution in [0.25, 0.3) is 0 Å². The van der Waals surface area contributed by atoms with Crippen LogP contribution in [0.4, 0.5) is 13.2 Å². The van der Waals surface area contributed by atoms with E-state index in [1.165, 1.54) is 4.68 Å². The molecule has 1 aliphatic rings. The van der Waals surface area contributed by atoms with Crippen LogP contribution in [0.2, 0.25) is 0 Å². The van der Waals surface area contributed by atoms with Crippen molar-refractivity contribution in [3.05, 3.63) is 18.0 Å². The monoisotopic (exact) mass is 300 g/mol. The van der Waals surface area contributed by atoms with Gasteiger partial charge in [0.25, 0.3) is 0 Å². The molecule has 1 heterocycles. The normalized spacial score (nSPS) is 18.2. The van der Waals surface area contributed by atoms with E-state index in [0.717, 1.165) is 31.7 Å². The minimum absolute atomic E-state index is 0.432. The van der Waals surface area contributed by atoms with Gasteiger partial charge in [0.15, 0.2) is 0 Å².